The number of fused-ring (bicyclic) bond motifs is 1. The lowest BCUT2D eigenvalue weighted by molar-refractivity contribution is 0.108. The van der Waals surface area contributed by atoms with Gasteiger partial charge in [-0.25, -0.2) is 9.97 Å². The van der Waals surface area contributed by atoms with E-state index in [-0.39, 0.29) is 0 Å². The first kappa shape index (κ1) is 8.13. The predicted octanol–water partition coefficient (Wildman–Crippen LogP) is 2.01. The van der Waals surface area contributed by atoms with Crippen LogP contribution >= 0.6 is 11.6 Å². The number of hydrogen-bond donors (Lipinski definition) is 0. The van der Waals surface area contributed by atoms with Crippen LogP contribution in [0.25, 0.3) is 11.0 Å². The van der Waals surface area contributed by atoms with Gasteiger partial charge in [-0.1, -0.05) is 0 Å². The number of rotatable bonds is 1. The summed E-state index contributed by atoms with van der Waals surface area (Å²) in [4.78, 5) is 19.0. The number of aromatic nitrogens is 2. The first-order chi connectivity index (χ1) is 6.29. The Bertz CT molecular complexity index is 465. The molecule has 0 unspecified atom stereocenters. The molecule has 2 aromatic rings. The molecule has 4 heteroatoms. The fourth-order valence-corrected chi connectivity index (χ4v) is 1.32. The van der Waals surface area contributed by atoms with E-state index in [4.69, 9.17) is 11.6 Å². The third kappa shape index (κ3) is 1.38. The Labute approximate surface area is 79.4 Å². The largest absolute Gasteiger partial charge is 0.276 e. The molecule has 0 aliphatic rings. The molecule has 2 rings (SSSR count). The summed E-state index contributed by atoms with van der Waals surface area (Å²) in [5, 5.41) is 0.199. The van der Waals surface area contributed by atoms with Crippen molar-refractivity contribution in [1.82, 2.24) is 9.97 Å². The van der Waals surface area contributed by atoms with Crippen molar-refractivity contribution in [2.45, 2.75) is 0 Å². The molecule has 0 fully saturated rings. The van der Waals surface area contributed by atoms with Gasteiger partial charge < -0.3 is 0 Å². The molecule has 0 saturated carbocycles. The van der Waals surface area contributed by atoms with Crippen molar-refractivity contribution in [2.24, 2.45) is 0 Å². The molecule has 0 aliphatic carbocycles. The topological polar surface area (TPSA) is 42.9 Å². The highest BCUT2D eigenvalue weighted by Gasteiger charge is 2.06. The molecular formula is C9H5ClN2O. The van der Waals surface area contributed by atoms with Crippen molar-refractivity contribution in [1.29, 1.82) is 0 Å². The molecule has 0 aromatic carbocycles. The van der Waals surface area contributed by atoms with Crippen LogP contribution in [0.1, 0.15) is 10.4 Å². The van der Waals surface area contributed by atoms with Crippen LogP contribution < -0.4 is 0 Å². The Kier molecular flexibility index (Phi) is 1.94. The van der Waals surface area contributed by atoms with Gasteiger partial charge in [-0.15, -0.1) is 0 Å². The SMILES string of the molecule is O=C(Cl)c1ccnc2ncccc12. The molecule has 13 heavy (non-hydrogen) atoms. The zero-order valence-corrected chi connectivity index (χ0v) is 7.32. The van der Waals surface area contributed by atoms with Gasteiger partial charge in [-0.05, 0) is 29.8 Å². The van der Waals surface area contributed by atoms with Crippen molar-refractivity contribution in [3.8, 4) is 0 Å². The highest BCUT2D eigenvalue weighted by atomic mass is 35.5. The maximum absolute atomic E-state index is 11.0. The molecule has 64 valence electrons. The van der Waals surface area contributed by atoms with Gasteiger partial charge in [0, 0.05) is 23.3 Å². The van der Waals surface area contributed by atoms with Gasteiger partial charge in [-0.3, -0.25) is 4.79 Å². The van der Waals surface area contributed by atoms with Crippen molar-refractivity contribution in [3.63, 3.8) is 0 Å². The highest BCUT2D eigenvalue weighted by Crippen LogP contribution is 2.15. The third-order valence-corrected chi connectivity index (χ3v) is 1.93. The molecular weight excluding hydrogens is 188 g/mol. The van der Waals surface area contributed by atoms with Gasteiger partial charge in [0.25, 0.3) is 5.24 Å². The van der Waals surface area contributed by atoms with E-state index in [1.165, 1.54) is 6.20 Å². The average Bonchev–Trinajstić information content (AvgIpc) is 2.17. The average molecular weight is 193 g/mol. The van der Waals surface area contributed by atoms with E-state index in [0.717, 1.165) is 0 Å². The van der Waals surface area contributed by atoms with E-state index < -0.39 is 5.24 Å². The first-order valence-corrected chi connectivity index (χ1v) is 4.06. The van der Waals surface area contributed by atoms with Crippen LogP contribution in [0, 0.1) is 0 Å². The van der Waals surface area contributed by atoms with E-state index in [9.17, 15) is 4.79 Å². The number of pyridine rings is 2. The van der Waals surface area contributed by atoms with Gasteiger partial charge in [0.15, 0.2) is 5.65 Å². The van der Waals surface area contributed by atoms with E-state index in [0.29, 0.717) is 16.6 Å². The molecule has 0 spiro atoms. The Hall–Kier alpha value is -1.48. The summed E-state index contributed by atoms with van der Waals surface area (Å²) >= 11 is 5.39. The quantitative estimate of drug-likeness (QED) is 0.650. The molecule has 0 radical (unpaired) electrons. The second-order valence-electron chi connectivity index (χ2n) is 2.51. The van der Waals surface area contributed by atoms with Gasteiger partial charge >= 0.3 is 0 Å². The number of hydrogen-bond acceptors (Lipinski definition) is 3. The van der Waals surface area contributed by atoms with Crippen molar-refractivity contribution < 1.29 is 4.79 Å². The van der Waals surface area contributed by atoms with Crippen LogP contribution in [-0.4, -0.2) is 15.2 Å². The lowest BCUT2D eigenvalue weighted by atomic mass is 10.2. The number of halogens is 1. The highest BCUT2D eigenvalue weighted by molar-refractivity contribution is 6.68. The summed E-state index contributed by atoms with van der Waals surface area (Å²) in [6, 6.07) is 5.09. The molecule has 3 nitrogen and oxygen atoms in total. The number of nitrogens with zero attached hydrogens (tertiary/aromatic N) is 2. The summed E-state index contributed by atoms with van der Waals surface area (Å²) in [5.74, 6) is 0. The zero-order valence-electron chi connectivity index (χ0n) is 6.57. The maximum Gasteiger partial charge on any atom is 0.253 e. The normalized spacial score (nSPS) is 10.2. The fourth-order valence-electron chi connectivity index (χ4n) is 1.15. The molecule has 2 aromatic heterocycles. The van der Waals surface area contributed by atoms with Crippen LogP contribution in [0.4, 0.5) is 0 Å². The smallest absolute Gasteiger partial charge is 0.253 e. The summed E-state index contributed by atoms with van der Waals surface area (Å²) in [6.45, 7) is 0. The van der Waals surface area contributed by atoms with Gasteiger partial charge in [0.2, 0.25) is 0 Å². The Morgan fingerprint density at radius 1 is 1.23 bits per heavy atom. The van der Waals surface area contributed by atoms with E-state index in [2.05, 4.69) is 9.97 Å². The number of carbonyl (C=O) groups is 1. The van der Waals surface area contributed by atoms with Crippen LogP contribution in [-0.2, 0) is 0 Å². The van der Waals surface area contributed by atoms with E-state index in [1.807, 2.05) is 0 Å². The van der Waals surface area contributed by atoms with Crippen LogP contribution in [0.15, 0.2) is 30.6 Å². The van der Waals surface area contributed by atoms with Crippen LogP contribution in [0.3, 0.4) is 0 Å². The Morgan fingerprint density at radius 3 is 2.77 bits per heavy atom. The molecule has 0 saturated heterocycles. The van der Waals surface area contributed by atoms with Crippen molar-refractivity contribution in [2.75, 3.05) is 0 Å². The minimum absolute atomic E-state index is 0.444. The van der Waals surface area contributed by atoms with Crippen LogP contribution in [0.5, 0.6) is 0 Å². The summed E-state index contributed by atoms with van der Waals surface area (Å²) < 4.78 is 0. The second-order valence-corrected chi connectivity index (χ2v) is 2.85. The van der Waals surface area contributed by atoms with Gasteiger partial charge in [0.05, 0.1) is 0 Å². The lowest BCUT2D eigenvalue weighted by Crippen LogP contribution is -1.93. The predicted molar refractivity (Wildman–Crippen MR) is 49.7 cm³/mol. The fraction of sp³-hybridized carbons (Fsp3) is 0. The molecule has 0 amide bonds. The third-order valence-electron chi connectivity index (χ3n) is 1.73. The van der Waals surface area contributed by atoms with E-state index in [1.54, 1.807) is 24.4 Å². The van der Waals surface area contributed by atoms with Crippen LogP contribution in [0.2, 0.25) is 0 Å². The molecule has 0 aliphatic heterocycles. The monoisotopic (exact) mass is 192 g/mol. The second kappa shape index (κ2) is 3.11. The minimum atomic E-state index is -0.486. The standard InChI is InChI=1S/C9H5ClN2O/c10-8(13)6-3-5-12-9-7(6)2-1-4-11-9/h1-5H. The minimum Gasteiger partial charge on any atom is -0.276 e. The first-order valence-electron chi connectivity index (χ1n) is 3.68. The maximum atomic E-state index is 11.0. The molecule has 2 heterocycles. The van der Waals surface area contributed by atoms with Gasteiger partial charge in [-0.2, -0.15) is 0 Å². The molecule has 0 atom stereocenters. The number of carbonyl (C=O) groups excluding carboxylic acids is 1. The van der Waals surface area contributed by atoms with Gasteiger partial charge in [0.1, 0.15) is 0 Å². The summed E-state index contributed by atoms with van der Waals surface area (Å²) in [6.07, 6.45) is 3.14. The van der Waals surface area contributed by atoms with Crippen molar-refractivity contribution >= 4 is 27.9 Å². The summed E-state index contributed by atoms with van der Waals surface area (Å²) in [7, 11) is 0. The molecule has 0 N–H and O–H groups in total. The Balaban J connectivity index is 2.83. The summed E-state index contributed by atoms with van der Waals surface area (Å²) in [5.41, 5.74) is 0.980. The van der Waals surface area contributed by atoms with E-state index >= 15 is 0 Å². The lowest BCUT2D eigenvalue weighted by Gasteiger charge is -1.98. The molecule has 0 bridgehead atoms. The zero-order chi connectivity index (χ0) is 9.26. The van der Waals surface area contributed by atoms with Crippen molar-refractivity contribution in [3.05, 3.63) is 36.2 Å². The Morgan fingerprint density at radius 2 is 2.00 bits per heavy atom.